The minimum Gasteiger partial charge on any atom is -0.370 e. The highest BCUT2D eigenvalue weighted by atomic mass is 32.1. The van der Waals surface area contributed by atoms with Crippen molar-refractivity contribution in [1.82, 2.24) is 4.98 Å². The first kappa shape index (κ1) is 21.2. The van der Waals surface area contributed by atoms with Crippen molar-refractivity contribution >= 4 is 29.9 Å². The molecule has 1 amide bonds. The number of primary amides is 1. The number of carbonyl (C=O) groups excluding carboxylic acids is 1. The molecule has 1 heterocycles. The van der Waals surface area contributed by atoms with E-state index in [4.69, 9.17) is 5.73 Å². The lowest BCUT2D eigenvalue weighted by atomic mass is 10.1. The highest BCUT2D eigenvalue weighted by molar-refractivity contribution is 7.80. The van der Waals surface area contributed by atoms with Crippen LogP contribution in [0.25, 0.3) is 21.7 Å². The van der Waals surface area contributed by atoms with Gasteiger partial charge in [0.1, 0.15) is 0 Å². The average molecular weight is 399 g/mol. The third kappa shape index (κ3) is 7.57. The molecule has 0 atom stereocenters. The molecule has 0 spiro atoms. The van der Waals surface area contributed by atoms with Gasteiger partial charge in [0.25, 0.3) is 0 Å². The van der Waals surface area contributed by atoms with Gasteiger partial charge in [-0.15, -0.1) is 11.3 Å². The van der Waals surface area contributed by atoms with Gasteiger partial charge in [-0.2, -0.15) is 12.6 Å². The number of thiol groups is 1. The van der Waals surface area contributed by atoms with Crippen LogP contribution in [0.2, 0.25) is 0 Å². The maximum Gasteiger partial charge on any atom is 0.217 e. The minimum atomic E-state index is -0.189. The van der Waals surface area contributed by atoms with E-state index in [2.05, 4.69) is 54.0 Å². The summed E-state index contributed by atoms with van der Waals surface area (Å²) < 4.78 is 0. The Balaban J connectivity index is 0.000000227. The number of nitrogens with two attached hydrogens (primary N) is 1. The number of rotatable bonds is 8. The Bertz CT molecular complexity index is 734. The Kier molecular flexibility index (Phi) is 9.66. The van der Waals surface area contributed by atoms with Crippen LogP contribution < -0.4 is 5.73 Å². The smallest absolute Gasteiger partial charge is 0.217 e. The molecule has 0 aliphatic rings. The summed E-state index contributed by atoms with van der Waals surface area (Å²) in [6.45, 7) is 0. The van der Waals surface area contributed by atoms with Gasteiger partial charge < -0.3 is 5.73 Å². The van der Waals surface area contributed by atoms with Crippen molar-refractivity contribution in [3.05, 3.63) is 66.2 Å². The predicted octanol–water partition coefficient (Wildman–Crippen LogP) is 5.83. The number of thiazole rings is 1. The van der Waals surface area contributed by atoms with Gasteiger partial charge in [-0.25, -0.2) is 4.98 Å². The number of nitrogens with zero attached hydrogens (tertiary/aromatic N) is 1. The van der Waals surface area contributed by atoms with Gasteiger partial charge in [0.15, 0.2) is 0 Å². The van der Waals surface area contributed by atoms with Crippen molar-refractivity contribution in [2.45, 2.75) is 32.1 Å². The Morgan fingerprint density at radius 2 is 1.48 bits per heavy atom. The van der Waals surface area contributed by atoms with Crippen molar-refractivity contribution in [2.75, 3.05) is 5.75 Å². The van der Waals surface area contributed by atoms with E-state index >= 15 is 0 Å². The molecule has 142 valence electrons. The van der Waals surface area contributed by atoms with Crippen LogP contribution in [0.4, 0.5) is 0 Å². The maximum absolute atomic E-state index is 10.2. The van der Waals surface area contributed by atoms with E-state index in [1.807, 2.05) is 29.8 Å². The summed E-state index contributed by atoms with van der Waals surface area (Å²) in [5.41, 5.74) is 10.3. The van der Waals surface area contributed by atoms with E-state index < -0.39 is 0 Å². The topological polar surface area (TPSA) is 56.0 Å². The van der Waals surface area contributed by atoms with E-state index in [0.717, 1.165) is 37.1 Å². The largest absolute Gasteiger partial charge is 0.370 e. The Hall–Kier alpha value is -2.11. The summed E-state index contributed by atoms with van der Waals surface area (Å²) in [6.07, 6.45) is 4.87. The first-order valence-electron chi connectivity index (χ1n) is 9.16. The molecule has 0 saturated carbocycles. The first-order chi connectivity index (χ1) is 13.2. The zero-order chi connectivity index (χ0) is 19.3. The van der Waals surface area contributed by atoms with Gasteiger partial charge in [-0.3, -0.25) is 4.79 Å². The van der Waals surface area contributed by atoms with Crippen LogP contribution in [-0.2, 0) is 4.79 Å². The first-order valence-corrected chi connectivity index (χ1v) is 10.7. The second-order valence-electron chi connectivity index (χ2n) is 6.12. The highest BCUT2D eigenvalue weighted by Gasteiger charge is 2.09. The fourth-order valence-electron chi connectivity index (χ4n) is 2.61. The third-order valence-electron chi connectivity index (χ3n) is 3.98. The molecule has 2 N–H and O–H groups in total. The number of benzene rings is 2. The van der Waals surface area contributed by atoms with Crippen molar-refractivity contribution in [3.8, 4) is 21.7 Å². The van der Waals surface area contributed by atoms with Crippen LogP contribution in [0.3, 0.4) is 0 Å². The number of unbranched alkanes of at least 4 members (excludes halogenated alkanes) is 3. The summed E-state index contributed by atoms with van der Waals surface area (Å²) >= 11 is 5.76. The molecule has 0 aliphatic carbocycles. The molecular weight excluding hydrogens is 372 g/mol. The van der Waals surface area contributed by atoms with Gasteiger partial charge in [-0.05, 0) is 24.2 Å². The highest BCUT2D eigenvalue weighted by Crippen LogP contribution is 2.34. The van der Waals surface area contributed by atoms with E-state index in [0.29, 0.717) is 6.42 Å². The molecule has 0 fully saturated rings. The molecule has 3 rings (SSSR count). The Labute approximate surface area is 171 Å². The molecule has 27 heavy (non-hydrogen) atoms. The number of amides is 1. The monoisotopic (exact) mass is 398 g/mol. The molecule has 0 radical (unpaired) electrons. The van der Waals surface area contributed by atoms with Crippen LogP contribution >= 0.6 is 24.0 Å². The van der Waals surface area contributed by atoms with Crippen LogP contribution in [-0.4, -0.2) is 16.6 Å². The van der Waals surface area contributed by atoms with Gasteiger partial charge in [0.05, 0.1) is 16.1 Å². The minimum absolute atomic E-state index is 0.189. The second kappa shape index (κ2) is 12.3. The second-order valence-corrected chi connectivity index (χ2v) is 7.42. The molecule has 0 saturated heterocycles. The summed E-state index contributed by atoms with van der Waals surface area (Å²) in [7, 11) is 0. The van der Waals surface area contributed by atoms with Crippen LogP contribution in [0, 0.1) is 0 Å². The fourth-order valence-corrected chi connectivity index (χ4v) is 3.65. The molecule has 0 bridgehead atoms. The molecule has 3 aromatic rings. The summed E-state index contributed by atoms with van der Waals surface area (Å²) in [4.78, 5) is 16.0. The normalized spacial score (nSPS) is 10.1. The van der Waals surface area contributed by atoms with E-state index in [-0.39, 0.29) is 5.91 Å². The van der Waals surface area contributed by atoms with Gasteiger partial charge in [-0.1, -0.05) is 73.5 Å². The quantitative estimate of drug-likeness (QED) is 0.370. The van der Waals surface area contributed by atoms with E-state index in [1.165, 1.54) is 16.0 Å². The van der Waals surface area contributed by atoms with E-state index in [1.54, 1.807) is 11.3 Å². The fraction of sp³-hybridized carbons (Fsp3) is 0.273. The molecule has 0 unspecified atom stereocenters. The number of hydrogen-bond acceptors (Lipinski definition) is 4. The molecule has 1 aromatic heterocycles. The zero-order valence-electron chi connectivity index (χ0n) is 15.4. The zero-order valence-corrected chi connectivity index (χ0v) is 17.1. The number of hydrogen-bond donors (Lipinski definition) is 2. The number of carbonyl (C=O) groups is 1. The maximum atomic E-state index is 10.2. The van der Waals surface area contributed by atoms with Crippen molar-refractivity contribution in [3.63, 3.8) is 0 Å². The summed E-state index contributed by atoms with van der Waals surface area (Å²) in [6, 6.07) is 20.7. The molecule has 3 nitrogen and oxygen atoms in total. The Morgan fingerprint density at radius 3 is 2.07 bits per heavy atom. The Morgan fingerprint density at radius 1 is 0.889 bits per heavy atom. The van der Waals surface area contributed by atoms with Crippen LogP contribution in [0.15, 0.2) is 66.2 Å². The third-order valence-corrected chi connectivity index (χ3v) is 5.17. The van der Waals surface area contributed by atoms with Crippen molar-refractivity contribution < 1.29 is 4.79 Å². The van der Waals surface area contributed by atoms with Crippen molar-refractivity contribution in [1.29, 1.82) is 0 Å². The average Bonchev–Trinajstić information content (AvgIpc) is 3.19. The summed E-state index contributed by atoms with van der Waals surface area (Å²) in [5.74, 6) is 0.752. The molecule has 2 aromatic carbocycles. The standard InChI is InChI=1S/C15H11NS.C7H15NOS/c1-3-7-12(8-4-1)14-15(17-11-16-14)13-9-5-2-6-10-13;8-7(9)5-3-1-2-4-6-10/h1-11H;10H,1-6H2,(H2,8,9). The lowest BCUT2D eigenvalue weighted by molar-refractivity contribution is -0.118. The molecule has 5 heteroatoms. The van der Waals surface area contributed by atoms with Crippen LogP contribution in [0.5, 0.6) is 0 Å². The van der Waals surface area contributed by atoms with Gasteiger partial charge in [0.2, 0.25) is 5.91 Å². The lowest BCUT2D eigenvalue weighted by Crippen LogP contribution is -2.09. The molecule has 0 aliphatic heterocycles. The van der Waals surface area contributed by atoms with Crippen LogP contribution in [0.1, 0.15) is 32.1 Å². The van der Waals surface area contributed by atoms with E-state index in [9.17, 15) is 4.79 Å². The predicted molar refractivity (Wildman–Crippen MR) is 119 cm³/mol. The SMILES string of the molecule is NC(=O)CCCCCCS.c1ccc(-c2ncsc2-c2ccccc2)cc1. The molecular formula is C22H26N2OS2. The van der Waals surface area contributed by atoms with Gasteiger partial charge in [0, 0.05) is 12.0 Å². The van der Waals surface area contributed by atoms with Gasteiger partial charge >= 0.3 is 0 Å². The lowest BCUT2D eigenvalue weighted by Gasteiger charge is -2.02. The van der Waals surface area contributed by atoms with Crippen molar-refractivity contribution in [2.24, 2.45) is 5.73 Å². The summed E-state index contributed by atoms with van der Waals surface area (Å²) in [5, 5.41) is 0. The number of aromatic nitrogens is 1.